The molecule has 21 heavy (non-hydrogen) atoms. The molecule has 2 aromatic rings. The summed E-state index contributed by atoms with van der Waals surface area (Å²) in [6.45, 7) is 0. The quantitative estimate of drug-likeness (QED) is 0.527. The molecule has 108 valence electrons. The van der Waals surface area contributed by atoms with Gasteiger partial charge in [0.05, 0.1) is 11.6 Å². The predicted octanol–water partition coefficient (Wildman–Crippen LogP) is 4.06. The van der Waals surface area contributed by atoms with Crippen LogP contribution in [-0.4, -0.2) is 0 Å². The molecule has 1 N–H and O–H groups in total. The van der Waals surface area contributed by atoms with Gasteiger partial charge < -0.3 is 5.32 Å². The van der Waals surface area contributed by atoms with E-state index in [2.05, 4.69) is 5.32 Å². The molecular weight excluding hydrogens is 291 g/mol. The number of para-hydroxylation sites is 1. The number of nitrogens with one attached hydrogen (secondary N) is 1. The molecule has 2 aromatic carbocycles. The van der Waals surface area contributed by atoms with Crippen molar-refractivity contribution in [3.8, 4) is 6.07 Å². The van der Waals surface area contributed by atoms with Crippen LogP contribution >= 0.6 is 0 Å². The van der Waals surface area contributed by atoms with Crippen LogP contribution < -0.4 is 5.32 Å². The Morgan fingerprint density at radius 2 is 1.29 bits per heavy atom. The number of hydrogen-bond acceptors (Lipinski definition) is 2. The van der Waals surface area contributed by atoms with Crippen molar-refractivity contribution in [2.24, 2.45) is 0 Å². The average molecular weight is 298 g/mol. The lowest BCUT2D eigenvalue weighted by Crippen LogP contribution is -2.16. The second-order valence-corrected chi connectivity index (χ2v) is 4.06. The van der Waals surface area contributed by atoms with Gasteiger partial charge >= 0.3 is 0 Å². The van der Waals surface area contributed by atoms with Crippen molar-refractivity contribution >= 4 is 5.69 Å². The summed E-state index contributed by atoms with van der Waals surface area (Å²) in [5, 5.41) is 11.4. The first-order valence-corrected chi connectivity index (χ1v) is 5.70. The third-order valence-electron chi connectivity index (χ3n) is 2.75. The monoisotopic (exact) mass is 298 g/mol. The van der Waals surface area contributed by atoms with Gasteiger partial charge in [-0.3, -0.25) is 0 Å². The molecule has 0 aliphatic carbocycles. The zero-order valence-electron chi connectivity index (χ0n) is 10.3. The summed E-state index contributed by atoms with van der Waals surface area (Å²) in [5.41, 5.74) is -0.911. The lowest BCUT2D eigenvalue weighted by molar-refractivity contribution is 0.369. The van der Waals surface area contributed by atoms with Crippen molar-refractivity contribution in [1.82, 2.24) is 0 Å². The molecule has 0 radical (unpaired) electrons. The number of nitriles is 1. The summed E-state index contributed by atoms with van der Waals surface area (Å²) in [6, 6.07) is 7.53. The van der Waals surface area contributed by atoms with Crippen molar-refractivity contribution in [3.63, 3.8) is 0 Å². The predicted molar refractivity (Wildman–Crippen MR) is 64.7 cm³/mol. The number of benzene rings is 2. The van der Waals surface area contributed by atoms with Gasteiger partial charge in [-0.05, 0) is 12.1 Å². The van der Waals surface area contributed by atoms with E-state index in [4.69, 9.17) is 5.26 Å². The van der Waals surface area contributed by atoms with Crippen molar-refractivity contribution < 1.29 is 22.0 Å². The fraction of sp³-hybridized carbons (Fsp3) is 0.0714. The van der Waals surface area contributed by atoms with E-state index in [1.165, 1.54) is 18.2 Å². The Morgan fingerprint density at radius 1 is 0.810 bits per heavy atom. The summed E-state index contributed by atoms with van der Waals surface area (Å²) in [4.78, 5) is 0. The molecule has 0 saturated carbocycles. The number of nitrogens with zero attached hydrogens (tertiary/aromatic N) is 1. The molecule has 1 atom stereocenters. The maximum absolute atomic E-state index is 13.6. The second kappa shape index (κ2) is 5.79. The molecule has 7 heteroatoms. The van der Waals surface area contributed by atoms with E-state index in [1.54, 1.807) is 18.2 Å². The zero-order chi connectivity index (χ0) is 15.6. The second-order valence-electron chi connectivity index (χ2n) is 4.06. The molecule has 2 rings (SSSR count). The Labute approximate surface area is 116 Å². The minimum atomic E-state index is -2.26. The van der Waals surface area contributed by atoms with E-state index >= 15 is 0 Å². The summed E-state index contributed by atoms with van der Waals surface area (Å²) >= 11 is 0. The fourth-order valence-electron chi connectivity index (χ4n) is 1.75. The largest absolute Gasteiger partial charge is 0.366 e. The van der Waals surface area contributed by atoms with Crippen molar-refractivity contribution in [2.45, 2.75) is 6.04 Å². The normalized spacial score (nSPS) is 11.8. The molecule has 0 spiro atoms. The van der Waals surface area contributed by atoms with Gasteiger partial charge in [-0.25, -0.2) is 22.0 Å². The maximum atomic E-state index is 13.6. The van der Waals surface area contributed by atoms with Crippen molar-refractivity contribution in [2.75, 3.05) is 5.32 Å². The Kier molecular flexibility index (Phi) is 4.08. The van der Waals surface area contributed by atoms with Gasteiger partial charge in [0.2, 0.25) is 5.82 Å². The maximum Gasteiger partial charge on any atom is 0.200 e. The first-order chi connectivity index (χ1) is 9.97. The summed E-state index contributed by atoms with van der Waals surface area (Å²) in [6.07, 6.45) is 0. The third-order valence-corrected chi connectivity index (χ3v) is 2.75. The standard InChI is InChI=1S/C14H7F5N2/c15-10-9(11(16)13(18)14(19)12(10)17)8(6-20)21-7-4-2-1-3-5-7/h1-5,8,21H/t8-/m0/s1. The van der Waals surface area contributed by atoms with Crippen molar-refractivity contribution in [3.05, 3.63) is 65.0 Å². The zero-order valence-corrected chi connectivity index (χ0v) is 10.3. The molecule has 0 aliphatic heterocycles. The van der Waals surface area contributed by atoms with Crippen LogP contribution in [0.1, 0.15) is 11.6 Å². The molecule has 0 bridgehead atoms. The molecule has 0 aliphatic rings. The first-order valence-electron chi connectivity index (χ1n) is 5.70. The average Bonchev–Trinajstić information content (AvgIpc) is 2.51. The van der Waals surface area contributed by atoms with Crippen LogP contribution in [0.4, 0.5) is 27.6 Å². The number of rotatable bonds is 3. The van der Waals surface area contributed by atoms with E-state index in [1.807, 2.05) is 0 Å². The van der Waals surface area contributed by atoms with Crippen LogP contribution in [0, 0.1) is 40.4 Å². The summed E-state index contributed by atoms with van der Waals surface area (Å²) in [5.74, 6) is -10.5. The van der Waals surface area contributed by atoms with Crippen LogP contribution in [0.2, 0.25) is 0 Å². The fourth-order valence-corrected chi connectivity index (χ4v) is 1.75. The molecule has 0 fully saturated rings. The van der Waals surface area contributed by atoms with E-state index in [9.17, 15) is 22.0 Å². The van der Waals surface area contributed by atoms with Crippen molar-refractivity contribution in [1.29, 1.82) is 5.26 Å². The molecule has 0 heterocycles. The highest BCUT2D eigenvalue weighted by atomic mass is 19.2. The van der Waals surface area contributed by atoms with E-state index in [0.29, 0.717) is 5.69 Å². The molecular formula is C14H7F5N2. The lowest BCUT2D eigenvalue weighted by Gasteiger charge is -2.15. The SMILES string of the molecule is N#C[C@H](Nc1ccccc1)c1c(F)c(F)c(F)c(F)c1F. The topological polar surface area (TPSA) is 35.8 Å². The highest BCUT2D eigenvalue weighted by Crippen LogP contribution is 2.29. The molecule has 0 saturated heterocycles. The van der Waals surface area contributed by atoms with Crippen LogP contribution in [0.25, 0.3) is 0 Å². The van der Waals surface area contributed by atoms with Crippen LogP contribution in [0.3, 0.4) is 0 Å². The Hall–Kier alpha value is -2.62. The smallest absolute Gasteiger partial charge is 0.200 e. The van der Waals surface area contributed by atoms with Gasteiger partial charge in [0, 0.05) is 5.69 Å². The van der Waals surface area contributed by atoms with Gasteiger partial charge in [0.15, 0.2) is 23.3 Å². The number of anilines is 1. The van der Waals surface area contributed by atoms with Gasteiger partial charge in [-0.1, -0.05) is 18.2 Å². The van der Waals surface area contributed by atoms with Gasteiger partial charge in [0.1, 0.15) is 6.04 Å². The van der Waals surface area contributed by atoms with Gasteiger partial charge in [0.25, 0.3) is 0 Å². The highest BCUT2D eigenvalue weighted by molar-refractivity contribution is 5.47. The molecule has 0 unspecified atom stereocenters. The summed E-state index contributed by atoms with van der Waals surface area (Å²) in [7, 11) is 0. The Balaban J connectivity index is 2.51. The molecule has 0 amide bonds. The van der Waals surface area contributed by atoms with E-state index < -0.39 is 40.7 Å². The first kappa shape index (κ1) is 14.8. The van der Waals surface area contributed by atoms with Gasteiger partial charge in [-0.2, -0.15) is 5.26 Å². The molecule has 2 nitrogen and oxygen atoms in total. The van der Waals surface area contributed by atoms with Crippen LogP contribution in [0.15, 0.2) is 30.3 Å². The van der Waals surface area contributed by atoms with Crippen LogP contribution in [0.5, 0.6) is 0 Å². The van der Waals surface area contributed by atoms with E-state index in [0.717, 1.165) is 0 Å². The summed E-state index contributed by atoms with van der Waals surface area (Å²) < 4.78 is 66.5. The minimum Gasteiger partial charge on any atom is -0.366 e. The highest BCUT2D eigenvalue weighted by Gasteiger charge is 2.30. The third kappa shape index (κ3) is 2.65. The van der Waals surface area contributed by atoms with Crippen LogP contribution in [-0.2, 0) is 0 Å². The number of halogens is 5. The Morgan fingerprint density at radius 3 is 1.76 bits per heavy atom. The molecule has 0 aromatic heterocycles. The van der Waals surface area contributed by atoms with Gasteiger partial charge in [-0.15, -0.1) is 0 Å². The van der Waals surface area contributed by atoms with E-state index in [-0.39, 0.29) is 0 Å². The lowest BCUT2D eigenvalue weighted by atomic mass is 10.0. The minimum absolute atomic E-state index is 0.299. The number of hydrogen-bond donors (Lipinski definition) is 1. The Bertz CT molecular complexity index is 681.